The molecule has 18 nitrogen and oxygen atoms in total. The molecule has 2 atom stereocenters. The van der Waals surface area contributed by atoms with Gasteiger partial charge in [-0.05, 0) is 124 Å². The van der Waals surface area contributed by atoms with Crippen molar-refractivity contribution < 1.29 is 60.1 Å². The van der Waals surface area contributed by atoms with Crippen molar-refractivity contribution in [2.45, 2.75) is 113 Å². The molecule has 0 saturated carbocycles. The molecule has 0 heterocycles. The van der Waals surface area contributed by atoms with Crippen molar-refractivity contribution in [3.63, 3.8) is 0 Å². The SMILES string of the molecule is CCCCNC(=O)OCC1c2ccccc2-c2ccccc21.CCNCC.CC[C@H](NS(=O)(=O)c1cccc(COC)c1)C(=O)O.CC[C@H](NS(=O)(=O)c1cccc(CSCCCNC(=O)OCC2c3ccccc3-c3ccccc32)c1)C(=O)OC. The summed E-state index contributed by atoms with van der Waals surface area (Å²) < 4.78 is 74.7. The van der Waals surface area contributed by atoms with Crippen molar-refractivity contribution in [1.29, 1.82) is 0 Å². The second kappa shape index (κ2) is 36.1. The molecular weight excluding hydrogens is 1150 g/mol. The number of aliphatic carboxylic acids is 1. The first-order valence-electron chi connectivity index (χ1n) is 28.9. The minimum absolute atomic E-state index is 0.0248. The molecule has 2 aliphatic rings. The molecule has 0 saturated heterocycles. The van der Waals surface area contributed by atoms with Gasteiger partial charge in [0.15, 0.2) is 0 Å². The van der Waals surface area contributed by atoms with Gasteiger partial charge < -0.3 is 40.0 Å². The number of amides is 2. The lowest BCUT2D eigenvalue weighted by Gasteiger charge is -2.15. The molecule has 0 unspecified atom stereocenters. The minimum atomic E-state index is -3.86. The Hall–Kier alpha value is -7.11. The van der Waals surface area contributed by atoms with E-state index in [1.807, 2.05) is 42.5 Å². The third kappa shape index (κ3) is 20.8. The molecule has 86 heavy (non-hydrogen) atoms. The fraction of sp³-hybridized carbons (Fsp3) is 0.385. The number of carboxylic acid groups (broad SMARTS) is 1. The second-order valence-electron chi connectivity index (χ2n) is 20.0. The number of carboxylic acids is 1. The molecule has 6 aromatic rings. The van der Waals surface area contributed by atoms with E-state index in [-0.39, 0.29) is 47.2 Å². The number of benzene rings is 6. The number of esters is 1. The van der Waals surface area contributed by atoms with Crippen LogP contribution in [0.15, 0.2) is 155 Å². The second-order valence-corrected chi connectivity index (χ2v) is 24.5. The van der Waals surface area contributed by atoms with Crippen molar-refractivity contribution in [3.05, 3.63) is 179 Å². The van der Waals surface area contributed by atoms with Crippen LogP contribution in [0.25, 0.3) is 22.3 Å². The first-order chi connectivity index (χ1) is 41.5. The van der Waals surface area contributed by atoms with Crippen molar-refractivity contribution in [3.8, 4) is 22.3 Å². The van der Waals surface area contributed by atoms with Gasteiger partial charge in [0.05, 0.1) is 23.5 Å². The highest BCUT2D eigenvalue weighted by Crippen LogP contribution is 2.45. The Morgan fingerprint density at radius 3 is 1.36 bits per heavy atom. The molecule has 0 fully saturated rings. The summed E-state index contributed by atoms with van der Waals surface area (Å²) in [7, 11) is -4.97. The monoisotopic (exact) mass is 1240 g/mol. The van der Waals surface area contributed by atoms with E-state index in [0.717, 1.165) is 43.7 Å². The van der Waals surface area contributed by atoms with Gasteiger partial charge in [-0.15, -0.1) is 0 Å². The molecule has 0 spiro atoms. The van der Waals surface area contributed by atoms with Crippen LogP contribution in [0.1, 0.15) is 112 Å². The van der Waals surface area contributed by atoms with Crippen LogP contribution < -0.4 is 25.4 Å². The Morgan fingerprint density at radius 1 is 0.547 bits per heavy atom. The van der Waals surface area contributed by atoms with Crippen LogP contribution in [0.2, 0.25) is 0 Å². The molecule has 0 aliphatic heterocycles. The van der Waals surface area contributed by atoms with E-state index >= 15 is 0 Å². The van der Waals surface area contributed by atoms with Crippen molar-refractivity contribution in [2.75, 3.05) is 59.4 Å². The number of nitrogens with one attached hydrogen (secondary N) is 5. The summed E-state index contributed by atoms with van der Waals surface area (Å²) in [6.07, 6.45) is 2.47. The number of alkyl carbamates (subject to hydrolysis) is 2. The number of rotatable bonds is 27. The predicted molar refractivity (Wildman–Crippen MR) is 338 cm³/mol. The number of hydrogen-bond donors (Lipinski definition) is 6. The third-order valence-electron chi connectivity index (χ3n) is 13.9. The summed E-state index contributed by atoms with van der Waals surface area (Å²) in [6.45, 7) is 13.9. The lowest BCUT2D eigenvalue weighted by atomic mass is 9.98. The van der Waals surface area contributed by atoms with E-state index in [0.29, 0.717) is 37.6 Å². The third-order valence-corrected chi connectivity index (χ3v) is 18.0. The topological polar surface area (TPSA) is 254 Å². The Bertz CT molecular complexity index is 3270. The van der Waals surface area contributed by atoms with Gasteiger partial charge in [-0.2, -0.15) is 21.2 Å². The van der Waals surface area contributed by atoms with Gasteiger partial charge in [0, 0.05) is 37.8 Å². The van der Waals surface area contributed by atoms with Gasteiger partial charge in [0.2, 0.25) is 20.0 Å². The average Bonchev–Trinajstić information content (AvgIpc) is 3.22. The van der Waals surface area contributed by atoms with E-state index in [1.165, 1.54) is 76.9 Å². The van der Waals surface area contributed by atoms with Gasteiger partial charge in [0.1, 0.15) is 25.3 Å². The fourth-order valence-electron chi connectivity index (χ4n) is 9.50. The van der Waals surface area contributed by atoms with Crippen LogP contribution in [0.3, 0.4) is 0 Å². The molecule has 0 bridgehead atoms. The molecule has 0 aromatic heterocycles. The maximum Gasteiger partial charge on any atom is 0.407 e. The van der Waals surface area contributed by atoms with Crippen LogP contribution in [0.4, 0.5) is 9.59 Å². The average molecular weight is 1240 g/mol. The maximum absolute atomic E-state index is 12.7. The summed E-state index contributed by atoms with van der Waals surface area (Å²) in [6, 6.07) is 43.9. The highest BCUT2D eigenvalue weighted by Gasteiger charge is 2.31. The quantitative estimate of drug-likeness (QED) is 0.0159. The van der Waals surface area contributed by atoms with Gasteiger partial charge in [0.25, 0.3) is 0 Å². The lowest BCUT2D eigenvalue weighted by Crippen LogP contribution is -2.40. The highest BCUT2D eigenvalue weighted by atomic mass is 32.2. The largest absolute Gasteiger partial charge is 0.480 e. The molecule has 6 aromatic carbocycles. The lowest BCUT2D eigenvalue weighted by molar-refractivity contribution is -0.142. The number of fused-ring (bicyclic) bond motifs is 6. The number of unbranched alkanes of at least 4 members (excludes halogenated alkanes) is 1. The number of sulfonamides is 2. The molecule has 2 amide bonds. The number of hydrogen-bond acceptors (Lipinski definition) is 14. The molecule has 0 radical (unpaired) electrons. The van der Waals surface area contributed by atoms with Gasteiger partial charge >= 0.3 is 24.1 Å². The summed E-state index contributed by atoms with van der Waals surface area (Å²) in [5, 5.41) is 17.6. The van der Waals surface area contributed by atoms with E-state index in [2.05, 4.69) is 112 Å². The van der Waals surface area contributed by atoms with E-state index < -0.39 is 50.2 Å². The predicted octanol–water partition coefficient (Wildman–Crippen LogP) is 11.0. The van der Waals surface area contributed by atoms with Crippen LogP contribution in [0, 0.1) is 0 Å². The molecule has 464 valence electrons. The molecule has 6 N–H and O–H groups in total. The van der Waals surface area contributed by atoms with Crippen molar-refractivity contribution >= 4 is 55.9 Å². The first kappa shape index (κ1) is 69.7. The number of ether oxygens (including phenoxy) is 4. The van der Waals surface area contributed by atoms with E-state index in [1.54, 1.807) is 49.9 Å². The Morgan fingerprint density at radius 2 is 0.965 bits per heavy atom. The number of carbonyl (C=O) groups is 4. The summed E-state index contributed by atoms with van der Waals surface area (Å²) >= 11 is 1.64. The van der Waals surface area contributed by atoms with Crippen molar-refractivity contribution in [1.82, 2.24) is 25.4 Å². The van der Waals surface area contributed by atoms with Gasteiger partial charge in [-0.1, -0.05) is 162 Å². The summed E-state index contributed by atoms with van der Waals surface area (Å²) in [5.74, 6) is -0.272. The van der Waals surface area contributed by atoms with Crippen LogP contribution in [-0.4, -0.2) is 118 Å². The molecular formula is C65H83N5O13S3. The highest BCUT2D eigenvalue weighted by molar-refractivity contribution is 7.98. The van der Waals surface area contributed by atoms with Crippen LogP contribution in [0.5, 0.6) is 0 Å². The molecule has 2 aliphatic carbocycles. The molecule has 8 rings (SSSR count). The summed E-state index contributed by atoms with van der Waals surface area (Å²) in [5.41, 5.74) is 11.3. The number of carbonyl (C=O) groups excluding carboxylic acids is 3. The maximum atomic E-state index is 12.7. The van der Waals surface area contributed by atoms with E-state index in [9.17, 15) is 36.0 Å². The summed E-state index contributed by atoms with van der Waals surface area (Å²) in [4.78, 5) is 46.9. The Balaban J connectivity index is 0.000000246. The first-order valence-corrected chi connectivity index (χ1v) is 33.1. The number of thioether (sulfide) groups is 1. The Labute approximate surface area is 512 Å². The zero-order valence-electron chi connectivity index (χ0n) is 50.1. The van der Waals surface area contributed by atoms with Crippen LogP contribution in [-0.2, 0) is 60.9 Å². The number of methoxy groups -OCH3 is 2. The zero-order chi connectivity index (χ0) is 62.5. The van der Waals surface area contributed by atoms with E-state index in [4.69, 9.17) is 19.3 Å². The fourth-order valence-corrected chi connectivity index (χ4v) is 13.1. The van der Waals surface area contributed by atoms with Gasteiger partial charge in [-0.3, -0.25) is 9.59 Å². The molecule has 21 heteroatoms. The minimum Gasteiger partial charge on any atom is -0.480 e. The zero-order valence-corrected chi connectivity index (χ0v) is 52.6. The van der Waals surface area contributed by atoms with Gasteiger partial charge in [-0.25, -0.2) is 26.4 Å². The standard InChI is InChI=1S/C30H34N2O6S2.C19H21NO2.C12H17NO5S.C4H11N/c1-3-28(29(33)37-2)32-40(35,36)22-11-8-10-21(18-22)20-39-17-9-16-31-30(34)38-19-27-25-14-6-4-12-23(25)24-13-5-7-15-26(24)27;1-2-3-12-20-19(21)22-13-18-16-10-6-4-8-14(16)15-9-5-7-11-17(15)18;1-3-11(12(14)15)13-19(16,17)10-6-4-5-9(7-10)8-18-2;1-3-5-4-2/h4-8,10-15,18,27-28,32H,3,9,16-17,19-20H2,1-2H3,(H,31,34);4-11,18H,2-3,12-13H2,1H3,(H,20,21);4-7,11,13H,3,8H2,1-2H3,(H,14,15);5H,3-4H2,1-2H3/t28-;;11-;/m0.0./s1. The van der Waals surface area contributed by atoms with Crippen molar-refractivity contribution in [2.24, 2.45) is 0 Å². The Kier molecular flexibility index (Phi) is 29.3. The normalized spacial score (nSPS) is 12.8. The van der Waals surface area contributed by atoms with Crippen LogP contribution >= 0.6 is 11.8 Å². The smallest absolute Gasteiger partial charge is 0.407 e.